The molecule has 156 valence electrons. The molecule has 0 saturated heterocycles. The molecule has 3 aromatic carbocycles. The van der Waals surface area contributed by atoms with Crippen LogP contribution in [0.4, 0.5) is 11.4 Å². The Morgan fingerprint density at radius 3 is 2.53 bits per heavy atom. The van der Waals surface area contributed by atoms with Crippen LogP contribution < -0.4 is 15.4 Å². The summed E-state index contributed by atoms with van der Waals surface area (Å²) in [5, 5.41) is 6.80. The standard InChI is InChI=1S/C22H18Br3ClN2O2/c1-13-3-2-4-17(7-13)28-21(29)12-30-22-14(8-15(23)9-19(22)25)11-27-16-5-6-18(24)20(26)10-16/h2-10,27H,11-12H2,1H3,(H,28,29). The highest BCUT2D eigenvalue weighted by Gasteiger charge is 2.13. The molecule has 0 saturated carbocycles. The molecule has 0 radical (unpaired) electrons. The lowest BCUT2D eigenvalue weighted by atomic mass is 10.2. The fourth-order valence-corrected chi connectivity index (χ4v) is 4.62. The number of aryl methyl sites for hydroxylation is 1. The van der Waals surface area contributed by atoms with Crippen molar-refractivity contribution in [2.75, 3.05) is 17.2 Å². The minimum absolute atomic E-state index is 0.106. The van der Waals surface area contributed by atoms with Crippen molar-refractivity contribution in [3.05, 3.63) is 84.2 Å². The Balaban J connectivity index is 1.69. The molecule has 0 atom stereocenters. The van der Waals surface area contributed by atoms with E-state index >= 15 is 0 Å². The first-order valence-electron chi connectivity index (χ1n) is 8.98. The van der Waals surface area contributed by atoms with E-state index in [1.165, 1.54) is 0 Å². The largest absolute Gasteiger partial charge is 0.482 e. The summed E-state index contributed by atoms with van der Waals surface area (Å²) in [5.41, 5.74) is 3.58. The fraction of sp³-hybridized carbons (Fsp3) is 0.136. The summed E-state index contributed by atoms with van der Waals surface area (Å²) >= 11 is 16.6. The first-order valence-corrected chi connectivity index (χ1v) is 11.7. The quantitative estimate of drug-likeness (QED) is 0.288. The number of carbonyl (C=O) groups is 1. The van der Waals surface area contributed by atoms with Gasteiger partial charge in [-0.05, 0) is 86.8 Å². The molecular weight excluding hydrogens is 599 g/mol. The Bertz CT molecular complexity index is 1080. The fourth-order valence-electron chi connectivity index (χ4n) is 2.77. The smallest absolute Gasteiger partial charge is 0.262 e. The lowest BCUT2D eigenvalue weighted by molar-refractivity contribution is -0.118. The second-order valence-electron chi connectivity index (χ2n) is 6.56. The topological polar surface area (TPSA) is 50.4 Å². The first kappa shape index (κ1) is 23.1. The predicted octanol–water partition coefficient (Wildman–Crippen LogP) is 7.57. The highest BCUT2D eigenvalue weighted by Crippen LogP contribution is 2.34. The van der Waals surface area contributed by atoms with Gasteiger partial charge in [-0.3, -0.25) is 4.79 Å². The number of halogens is 4. The Kier molecular flexibility index (Phi) is 8.22. The maximum absolute atomic E-state index is 12.3. The molecule has 0 aliphatic carbocycles. The number of hydrogen-bond acceptors (Lipinski definition) is 3. The minimum atomic E-state index is -0.228. The van der Waals surface area contributed by atoms with Crippen LogP contribution in [0.5, 0.6) is 5.75 Å². The maximum atomic E-state index is 12.3. The van der Waals surface area contributed by atoms with Gasteiger partial charge in [0.25, 0.3) is 5.91 Å². The average molecular weight is 618 g/mol. The Morgan fingerprint density at radius 2 is 1.80 bits per heavy atom. The van der Waals surface area contributed by atoms with Gasteiger partial charge in [-0.15, -0.1) is 0 Å². The van der Waals surface area contributed by atoms with Gasteiger partial charge in [-0.25, -0.2) is 0 Å². The van der Waals surface area contributed by atoms with E-state index in [1.54, 1.807) is 0 Å². The summed E-state index contributed by atoms with van der Waals surface area (Å²) in [6.07, 6.45) is 0. The molecule has 4 nitrogen and oxygen atoms in total. The molecule has 0 aliphatic heterocycles. The highest BCUT2D eigenvalue weighted by molar-refractivity contribution is 9.11. The van der Waals surface area contributed by atoms with Crippen molar-refractivity contribution in [2.24, 2.45) is 0 Å². The molecule has 3 aromatic rings. The van der Waals surface area contributed by atoms with Crippen molar-refractivity contribution in [3.8, 4) is 5.75 Å². The van der Waals surface area contributed by atoms with E-state index in [2.05, 4.69) is 58.4 Å². The average Bonchev–Trinajstić information content (AvgIpc) is 2.68. The molecule has 30 heavy (non-hydrogen) atoms. The zero-order valence-corrected chi connectivity index (χ0v) is 21.5. The minimum Gasteiger partial charge on any atom is -0.482 e. The first-order chi connectivity index (χ1) is 14.3. The highest BCUT2D eigenvalue weighted by atomic mass is 79.9. The molecule has 8 heteroatoms. The number of anilines is 2. The summed E-state index contributed by atoms with van der Waals surface area (Å²) in [7, 11) is 0. The molecule has 0 aromatic heterocycles. The summed E-state index contributed by atoms with van der Waals surface area (Å²) in [6.45, 7) is 2.36. The molecule has 2 N–H and O–H groups in total. The number of carbonyl (C=O) groups excluding carboxylic acids is 1. The van der Waals surface area contributed by atoms with Crippen LogP contribution in [0.2, 0.25) is 5.02 Å². The molecule has 0 spiro atoms. The number of hydrogen-bond donors (Lipinski definition) is 2. The van der Waals surface area contributed by atoms with Crippen molar-refractivity contribution >= 4 is 76.7 Å². The van der Waals surface area contributed by atoms with E-state index in [1.807, 2.05) is 61.5 Å². The number of benzene rings is 3. The van der Waals surface area contributed by atoms with Crippen molar-refractivity contribution in [1.82, 2.24) is 0 Å². The number of nitrogens with one attached hydrogen (secondary N) is 2. The lowest BCUT2D eigenvalue weighted by Gasteiger charge is -2.16. The van der Waals surface area contributed by atoms with Crippen molar-refractivity contribution < 1.29 is 9.53 Å². The monoisotopic (exact) mass is 614 g/mol. The molecule has 0 aliphatic rings. The van der Waals surface area contributed by atoms with Gasteiger partial charge in [0.05, 0.1) is 9.50 Å². The molecule has 3 rings (SSSR count). The normalized spacial score (nSPS) is 10.6. The van der Waals surface area contributed by atoms with Gasteiger partial charge in [0, 0.05) is 32.4 Å². The second kappa shape index (κ2) is 10.7. The molecule has 0 unspecified atom stereocenters. The van der Waals surface area contributed by atoms with E-state index in [0.717, 1.165) is 35.9 Å². The van der Waals surface area contributed by atoms with Gasteiger partial charge >= 0.3 is 0 Å². The lowest BCUT2D eigenvalue weighted by Crippen LogP contribution is -2.21. The summed E-state index contributed by atoms with van der Waals surface area (Å²) in [6, 6.07) is 17.1. The number of amides is 1. The van der Waals surface area contributed by atoms with Crippen molar-refractivity contribution in [2.45, 2.75) is 13.5 Å². The van der Waals surface area contributed by atoms with Crippen LogP contribution in [-0.4, -0.2) is 12.5 Å². The van der Waals surface area contributed by atoms with Crippen LogP contribution in [0.3, 0.4) is 0 Å². The van der Waals surface area contributed by atoms with Crippen molar-refractivity contribution in [3.63, 3.8) is 0 Å². The zero-order valence-electron chi connectivity index (χ0n) is 15.9. The van der Waals surface area contributed by atoms with Crippen LogP contribution in [-0.2, 0) is 11.3 Å². The number of rotatable bonds is 7. The van der Waals surface area contributed by atoms with Crippen molar-refractivity contribution in [1.29, 1.82) is 0 Å². The third-order valence-corrected chi connectivity index (χ3v) is 6.42. The van der Waals surface area contributed by atoms with Gasteiger partial charge < -0.3 is 15.4 Å². The van der Waals surface area contributed by atoms with E-state index in [0.29, 0.717) is 17.3 Å². The second-order valence-corrected chi connectivity index (χ2v) is 9.60. The molecule has 0 bridgehead atoms. The molecular formula is C22H18Br3ClN2O2. The molecule has 1 amide bonds. The third-order valence-electron chi connectivity index (χ3n) is 4.14. The predicted molar refractivity (Wildman–Crippen MR) is 134 cm³/mol. The van der Waals surface area contributed by atoms with Gasteiger partial charge in [-0.2, -0.15) is 0 Å². The number of ether oxygens (including phenoxy) is 1. The Labute approximate surface area is 205 Å². The molecule has 0 fully saturated rings. The summed E-state index contributed by atoms with van der Waals surface area (Å²) in [4.78, 5) is 12.3. The van der Waals surface area contributed by atoms with Crippen LogP contribution in [0.1, 0.15) is 11.1 Å². The van der Waals surface area contributed by atoms with E-state index in [4.69, 9.17) is 16.3 Å². The molecule has 0 heterocycles. The Hall–Kier alpha value is -1.54. The van der Waals surface area contributed by atoms with Gasteiger partial charge in [0.1, 0.15) is 5.75 Å². The Morgan fingerprint density at radius 1 is 1.00 bits per heavy atom. The van der Waals surface area contributed by atoms with Gasteiger partial charge in [-0.1, -0.05) is 39.7 Å². The summed E-state index contributed by atoms with van der Waals surface area (Å²) < 4.78 is 8.36. The van der Waals surface area contributed by atoms with Crippen LogP contribution in [0, 0.1) is 6.92 Å². The SMILES string of the molecule is Cc1cccc(NC(=O)COc2c(Br)cc(Br)cc2CNc2ccc(Br)c(Cl)c2)c1. The van der Waals surface area contributed by atoms with Gasteiger partial charge in [0.15, 0.2) is 6.61 Å². The van der Waals surface area contributed by atoms with Gasteiger partial charge in [0.2, 0.25) is 0 Å². The van der Waals surface area contributed by atoms with Crippen LogP contribution in [0.25, 0.3) is 0 Å². The van der Waals surface area contributed by atoms with Crippen LogP contribution >= 0.6 is 59.4 Å². The zero-order chi connectivity index (χ0) is 21.7. The third kappa shape index (κ3) is 6.48. The van der Waals surface area contributed by atoms with Crippen LogP contribution in [0.15, 0.2) is 68.0 Å². The maximum Gasteiger partial charge on any atom is 0.262 e. The van der Waals surface area contributed by atoms with E-state index in [9.17, 15) is 4.79 Å². The van der Waals surface area contributed by atoms with E-state index in [-0.39, 0.29) is 12.5 Å². The summed E-state index contributed by atoms with van der Waals surface area (Å²) in [5.74, 6) is 0.377. The van der Waals surface area contributed by atoms with E-state index < -0.39 is 0 Å².